The van der Waals surface area contributed by atoms with E-state index in [2.05, 4.69) is 63.9 Å². The first kappa shape index (κ1) is 13.7. The van der Waals surface area contributed by atoms with Gasteiger partial charge < -0.3 is 4.57 Å². The number of aryl methyl sites for hydroxylation is 1. The maximum Gasteiger partial charge on any atom is 0.0812 e. The lowest BCUT2D eigenvalue weighted by Gasteiger charge is -2.02. The summed E-state index contributed by atoms with van der Waals surface area (Å²) >= 11 is 0. The maximum absolute atomic E-state index is 4.57. The normalized spacial score (nSPS) is 11.7. The molecule has 0 atom stereocenters. The van der Waals surface area contributed by atoms with E-state index in [-0.39, 0.29) is 0 Å². The Hall–Kier alpha value is -2.94. The molecule has 2 aromatic heterocycles. The summed E-state index contributed by atoms with van der Waals surface area (Å²) < 4.78 is 2.34. The first-order valence-electron chi connectivity index (χ1n) is 7.83. The zero-order valence-electron chi connectivity index (χ0n) is 13.0. The van der Waals surface area contributed by atoms with Crippen molar-refractivity contribution in [3.8, 4) is 0 Å². The Labute approximate surface area is 134 Å². The number of aromatic nitrogens is 2. The minimum Gasteiger partial charge on any atom is -0.341 e. The smallest absolute Gasteiger partial charge is 0.0812 e. The van der Waals surface area contributed by atoms with Gasteiger partial charge in [-0.25, -0.2) is 0 Å². The van der Waals surface area contributed by atoms with Crippen LogP contribution in [0.15, 0.2) is 71.9 Å². The number of nitrogens with zero attached hydrogens (tertiary/aromatic N) is 3. The van der Waals surface area contributed by atoms with E-state index in [1.54, 1.807) is 12.4 Å². The van der Waals surface area contributed by atoms with Gasteiger partial charge >= 0.3 is 0 Å². The summed E-state index contributed by atoms with van der Waals surface area (Å²) in [7, 11) is 0. The number of hydrogen-bond donors (Lipinski definition) is 0. The highest BCUT2D eigenvalue weighted by atomic mass is 15.0. The molecule has 0 aliphatic rings. The number of rotatable bonds is 3. The number of fused-ring (bicyclic) bond motifs is 3. The van der Waals surface area contributed by atoms with Gasteiger partial charge in [0, 0.05) is 34.5 Å². The number of hydrogen-bond acceptors (Lipinski definition) is 2. The Balaban J connectivity index is 1.85. The molecule has 4 rings (SSSR count). The standard InChI is InChI=1S/C20H17N3/c1-2-23-19-9-4-3-8-17(19)18-13-15(10-11-20(18)23)22-14-16-7-5-6-12-21-16/h3-14H,2H2,1H3. The summed E-state index contributed by atoms with van der Waals surface area (Å²) in [5.41, 5.74) is 4.34. The Morgan fingerprint density at radius 2 is 1.78 bits per heavy atom. The van der Waals surface area contributed by atoms with Gasteiger partial charge in [0.25, 0.3) is 0 Å². The minimum atomic E-state index is 0.864. The van der Waals surface area contributed by atoms with Crippen molar-refractivity contribution < 1.29 is 0 Å². The Morgan fingerprint density at radius 1 is 0.957 bits per heavy atom. The van der Waals surface area contributed by atoms with Gasteiger partial charge in [-0.2, -0.15) is 0 Å². The molecule has 0 fully saturated rings. The van der Waals surface area contributed by atoms with Crippen LogP contribution in [0.1, 0.15) is 12.6 Å². The van der Waals surface area contributed by atoms with Crippen LogP contribution in [0.3, 0.4) is 0 Å². The van der Waals surface area contributed by atoms with Crippen molar-refractivity contribution in [3.05, 3.63) is 72.6 Å². The maximum atomic E-state index is 4.57. The largest absolute Gasteiger partial charge is 0.341 e. The highest BCUT2D eigenvalue weighted by molar-refractivity contribution is 6.09. The van der Waals surface area contributed by atoms with Crippen molar-refractivity contribution in [2.75, 3.05) is 0 Å². The van der Waals surface area contributed by atoms with Gasteiger partial charge in [0.05, 0.1) is 17.6 Å². The van der Waals surface area contributed by atoms with Crippen LogP contribution in [-0.4, -0.2) is 15.8 Å². The zero-order valence-corrected chi connectivity index (χ0v) is 13.0. The zero-order chi connectivity index (χ0) is 15.6. The molecule has 0 N–H and O–H groups in total. The molecule has 0 amide bonds. The quantitative estimate of drug-likeness (QED) is 0.492. The van der Waals surface area contributed by atoms with Crippen LogP contribution < -0.4 is 0 Å². The SMILES string of the molecule is CCn1c2ccccc2c2cc(N=Cc3ccccn3)ccc21. The van der Waals surface area contributed by atoms with E-state index in [4.69, 9.17) is 0 Å². The summed E-state index contributed by atoms with van der Waals surface area (Å²) in [4.78, 5) is 8.84. The third kappa shape index (κ3) is 2.40. The van der Waals surface area contributed by atoms with E-state index in [1.807, 2.05) is 18.2 Å². The molecule has 0 aliphatic heterocycles. The topological polar surface area (TPSA) is 30.2 Å². The van der Waals surface area contributed by atoms with E-state index >= 15 is 0 Å². The molecule has 0 saturated carbocycles. The van der Waals surface area contributed by atoms with Gasteiger partial charge in [0.1, 0.15) is 0 Å². The molecule has 23 heavy (non-hydrogen) atoms. The molecule has 2 heterocycles. The van der Waals surface area contributed by atoms with E-state index in [9.17, 15) is 0 Å². The first-order valence-corrected chi connectivity index (χ1v) is 7.83. The van der Waals surface area contributed by atoms with Crippen molar-refractivity contribution in [1.82, 2.24) is 9.55 Å². The molecule has 0 unspecified atom stereocenters. The number of aliphatic imine (C=N–C) groups is 1. The van der Waals surface area contributed by atoms with Crippen LogP contribution in [0, 0.1) is 0 Å². The number of benzene rings is 2. The third-order valence-corrected chi connectivity index (χ3v) is 4.11. The number of para-hydroxylation sites is 1. The van der Waals surface area contributed by atoms with E-state index in [0.29, 0.717) is 0 Å². The van der Waals surface area contributed by atoms with Gasteiger partial charge in [0.15, 0.2) is 0 Å². The highest BCUT2D eigenvalue weighted by Gasteiger charge is 2.09. The Kier molecular flexibility index (Phi) is 3.39. The first-order chi connectivity index (χ1) is 11.4. The van der Waals surface area contributed by atoms with E-state index in [0.717, 1.165) is 17.9 Å². The lowest BCUT2D eigenvalue weighted by molar-refractivity contribution is 0.827. The second-order valence-electron chi connectivity index (χ2n) is 5.48. The van der Waals surface area contributed by atoms with Crippen LogP contribution in [0.4, 0.5) is 5.69 Å². The summed E-state index contributed by atoms with van der Waals surface area (Å²) in [6.45, 7) is 3.14. The van der Waals surface area contributed by atoms with Crippen LogP contribution in [0.25, 0.3) is 21.8 Å². The van der Waals surface area contributed by atoms with Crippen molar-refractivity contribution in [1.29, 1.82) is 0 Å². The average molecular weight is 299 g/mol. The molecule has 3 nitrogen and oxygen atoms in total. The van der Waals surface area contributed by atoms with Gasteiger partial charge in [-0.3, -0.25) is 9.98 Å². The van der Waals surface area contributed by atoms with Crippen molar-refractivity contribution in [2.45, 2.75) is 13.5 Å². The second kappa shape index (κ2) is 5.69. The molecule has 4 aromatic rings. The fourth-order valence-corrected chi connectivity index (χ4v) is 3.06. The summed E-state index contributed by atoms with van der Waals surface area (Å²) in [5, 5.41) is 2.53. The predicted molar refractivity (Wildman–Crippen MR) is 96.6 cm³/mol. The lowest BCUT2D eigenvalue weighted by Crippen LogP contribution is -1.92. The molecule has 3 heteroatoms. The molecule has 0 radical (unpaired) electrons. The summed E-state index contributed by atoms with van der Waals surface area (Å²) in [6.07, 6.45) is 3.58. The van der Waals surface area contributed by atoms with Gasteiger partial charge in [-0.05, 0) is 43.3 Å². The Bertz CT molecular complexity index is 997. The fourth-order valence-electron chi connectivity index (χ4n) is 3.06. The van der Waals surface area contributed by atoms with Crippen molar-refractivity contribution in [2.24, 2.45) is 4.99 Å². The summed E-state index contributed by atoms with van der Waals surface area (Å²) in [5.74, 6) is 0. The van der Waals surface area contributed by atoms with Crippen LogP contribution >= 0.6 is 0 Å². The summed E-state index contributed by atoms with van der Waals surface area (Å²) in [6, 6.07) is 20.7. The molecular formula is C20H17N3. The average Bonchev–Trinajstić information content (AvgIpc) is 2.94. The molecule has 0 aliphatic carbocycles. The fraction of sp³-hybridized carbons (Fsp3) is 0.100. The predicted octanol–water partition coefficient (Wildman–Crippen LogP) is 4.96. The monoisotopic (exact) mass is 299 g/mol. The van der Waals surface area contributed by atoms with E-state index < -0.39 is 0 Å². The van der Waals surface area contributed by atoms with Crippen LogP contribution in [0.2, 0.25) is 0 Å². The molecule has 112 valence electrons. The van der Waals surface area contributed by atoms with E-state index in [1.165, 1.54) is 21.8 Å². The third-order valence-electron chi connectivity index (χ3n) is 4.11. The minimum absolute atomic E-state index is 0.864. The Morgan fingerprint density at radius 3 is 2.61 bits per heavy atom. The van der Waals surface area contributed by atoms with Crippen LogP contribution in [0.5, 0.6) is 0 Å². The van der Waals surface area contributed by atoms with Crippen molar-refractivity contribution in [3.63, 3.8) is 0 Å². The van der Waals surface area contributed by atoms with Crippen molar-refractivity contribution >= 4 is 33.7 Å². The highest BCUT2D eigenvalue weighted by Crippen LogP contribution is 2.31. The van der Waals surface area contributed by atoms with Gasteiger partial charge in [-0.1, -0.05) is 24.3 Å². The molecule has 0 spiro atoms. The second-order valence-corrected chi connectivity index (χ2v) is 5.48. The molecular weight excluding hydrogens is 282 g/mol. The molecule has 2 aromatic carbocycles. The van der Waals surface area contributed by atoms with Crippen LogP contribution in [-0.2, 0) is 6.54 Å². The number of pyridine rings is 1. The lowest BCUT2D eigenvalue weighted by atomic mass is 10.1. The van der Waals surface area contributed by atoms with Gasteiger partial charge in [0.2, 0.25) is 0 Å². The molecule has 0 bridgehead atoms. The molecule has 0 saturated heterocycles. The van der Waals surface area contributed by atoms with Gasteiger partial charge in [-0.15, -0.1) is 0 Å².